The van der Waals surface area contributed by atoms with Crippen molar-refractivity contribution in [3.05, 3.63) is 0 Å². The third-order valence-corrected chi connectivity index (χ3v) is 2.93. The summed E-state index contributed by atoms with van der Waals surface area (Å²) in [6, 6.07) is -1.13. The number of alkyl halides is 3. The van der Waals surface area contributed by atoms with Crippen molar-refractivity contribution in [3.63, 3.8) is 0 Å². The van der Waals surface area contributed by atoms with E-state index in [1.807, 2.05) is 0 Å². The standard InChI is InChI=1S/C11H18F3N3O2/c1-2-16-10(19)8-5-7(15)6-17(8)9(18)3-4-11(12,13)14/h7-8H,2-6,15H2,1H3,(H,16,19)/t7-,8-/m0/s1. The third-order valence-electron chi connectivity index (χ3n) is 2.93. The molecule has 19 heavy (non-hydrogen) atoms. The van der Waals surface area contributed by atoms with E-state index >= 15 is 0 Å². The van der Waals surface area contributed by atoms with Crippen LogP contribution in [0.5, 0.6) is 0 Å². The summed E-state index contributed by atoms with van der Waals surface area (Å²) in [5.41, 5.74) is 5.67. The molecule has 1 rings (SSSR count). The number of hydrogen-bond donors (Lipinski definition) is 2. The van der Waals surface area contributed by atoms with Gasteiger partial charge in [-0.1, -0.05) is 0 Å². The van der Waals surface area contributed by atoms with Crippen LogP contribution in [-0.2, 0) is 9.59 Å². The topological polar surface area (TPSA) is 75.4 Å². The zero-order valence-electron chi connectivity index (χ0n) is 10.7. The van der Waals surface area contributed by atoms with E-state index in [-0.39, 0.29) is 24.9 Å². The van der Waals surface area contributed by atoms with Gasteiger partial charge in [0.25, 0.3) is 0 Å². The van der Waals surface area contributed by atoms with Crippen molar-refractivity contribution in [1.82, 2.24) is 10.2 Å². The van der Waals surface area contributed by atoms with E-state index in [4.69, 9.17) is 5.73 Å². The van der Waals surface area contributed by atoms with Gasteiger partial charge in [0.15, 0.2) is 0 Å². The Morgan fingerprint density at radius 3 is 2.58 bits per heavy atom. The number of carbonyl (C=O) groups excluding carboxylic acids is 2. The molecule has 0 saturated carbocycles. The number of amides is 2. The summed E-state index contributed by atoms with van der Waals surface area (Å²) in [5.74, 6) is -1.04. The number of nitrogens with zero attached hydrogens (tertiary/aromatic N) is 1. The molecule has 0 bridgehead atoms. The molecule has 1 saturated heterocycles. The Kier molecular flexibility index (Phi) is 5.16. The third kappa shape index (κ3) is 4.70. The summed E-state index contributed by atoms with van der Waals surface area (Å²) >= 11 is 0. The first kappa shape index (κ1) is 15.7. The molecule has 8 heteroatoms. The highest BCUT2D eigenvalue weighted by atomic mass is 19.4. The first-order valence-corrected chi connectivity index (χ1v) is 6.14. The lowest BCUT2D eigenvalue weighted by atomic mass is 10.1. The molecule has 110 valence electrons. The number of likely N-dealkylation sites (N-methyl/N-ethyl adjacent to an activating group) is 1. The van der Waals surface area contributed by atoms with Crippen molar-refractivity contribution in [2.75, 3.05) is 13.1 Å². The molecule has 0 radical (unpaired) electrons. The SMILES string of the molecule is CCNC(=O)[C@@H]1C[C@H](N)CN1C(=O)CCC(F)(F)F. The molecule has 2 amide bonds. The van der Waals surface area contributed by atoms with Gasteiger partial charge in [-0.25, -0.2) is 0 Å². The highest BCUT2D eigenvalue weighted by molar-refractivity contribution is 5.88. The summed E-state index contributed by atoms with van der Waals surface area (Å²) < 4.78 is 36.2. The van der Waals surface area contributed by atoms with Gasteiger partial charge >= 0.3 is 6.18 Å². The first-order valence-electron chi connectivity index (χ1n) is 6.14. The molecule has 1 aliphatic rings. The van der Waals surface area contributed by atoms with E-state index in [1.54, 1.807) is 6.92 Å². The van der Waals surface area contributed by atoms with Gasteiger partial charge in [0.2, 0.25) is 11.8 Å². The van der Waals surface area contributed by atoms with Crippen LogP contribution in [0.4, 0.5) is 13.2 Å². The van der Waals surface area contributed by atoms with Gasteiger partial charge in [-0.05, 0) is 13.3 Å². The zero-order chi connectivity index (χ0) is 14.6. The van der Waals surface area contributed by atoms with Gasteiger partial charge in [-0.15, -0.1) is 0 Å². The Morgan fingerprint density at radius 2 is 2.05 bits per heavy atom. The van der Waals surface area contributed by atoms with Crippen LogP contribution in [0.2, 0.25) is 0 Å². The van der Waals surface area contributed by atoms with Gasteiger partial charge in [0.05, 0.1) is 6.42 Å². The minimum atomic E-state index is -4.38. The second kappa shape index (κ2) is 6.23. The molecule has 1 aliphatic heterocycles. The van der Waals surface area contributed by atoms with Crippen LogP contribution >= 0.6 is 0 Å². The monoisotopic (exact) mass is 281 g/mol. The molecule has 5 nitrogen and oxygen atoms in total. The first-order chi connectivity index (χ1) is 8.74. The fourth-order valence-corrected chi connectivity index (χ4v) is 2.08. The van der Waals surface area contributed by atoms with Gasteiger partial charge in [-0.2, -0.15) is 13.2 Å². The highest BCUT2D eigenvalue weighted by Crippen LogP contribution is 2.24. The van der Waals surface area contributed by atoms with Crippen molar-refractivity contribution in [2.24, 2.45) is 5.73 Å². The molecular formula is C11H18F3N3O2. The largest absolute Gasteiger partial charge is 0.389 e. The summed E-state index contributed by atoms with van der Waals surface area (Å²) in [6.07, 6.45) is -5.92. The van der Waals surface area contributed by atoms with Gasteiger partial charge < -0.3 is 16.0 Å². The number of carbonyl (C=O) groups is 2. The highest BCUT2D eigenvalue weighted by Gasteiger charge is 2.39. The second-order valence-electron chi connectivity index (χ2n) is 4.57. The Bertz CT molecular complexity index is 347. The molecule has 0 unspecified atom stereocenters. The Balaban J connectivity index is 2.63. The van der Waals surface area contributed by atoms with Crippen molar-refractivity contribution < 1.29 is 22.8 Å². The van der Waals surface area contributed by atoms with Gasteiger partial charge in [0.1, 0.15) is 6.04 Å². The number of likely N-dealkylation sites (tertiary alicyclic amines) is 1. The number of nitrogens with two attached hydrogens (primary N) is 1. The molecule has 0 aromatic rings. The van der Waals surface area contributed by atoms with Crippen LogP contribution in [0.15, 0.2) is 0 Å². The normalized spacial score (nSPS) is 23.5. The minimum absolute atomic E-state index is 0.124. The molecule has 0 aromatic heterocycles. The number of rotatable bonds is 4. The molecule has 1 fully saturated rings. The van der Waals surface area contributed by atoms with E-state index in [9.17, 15) is 22.8 Å². The maximum Gasteiger partial charge on any atom is 0.389 e. The zero-order valence-corrected chi connectivity index (χ0v) is 10.7. The van der Waals surface area contributed by atoms with Crippen molar-refractivity contribution in [3.8, 4) is 0 Å². The van der Waals surface area contributed by atoms with Crippen LogP contribution in [0.25, 0.3) is 0 Å². The quantitative estimate of drug-likeness (QED) is 0.783. The lowest BCUT2D eigenvalue weighted by molar-refractivity contribution is -0.151. The predicted octanol–water partition coefficient (Wildman–Crippen LogP) is 0.393. The molecule has 3 N–H and O–H groups in total. The van der Waals surface area contributed by atoms with E-state index in [1.165, 1.54) is 0 Å². The van der Waals surface area contributed by atoms with Gasteiger partial charge in [-0.3, -0.25) is 9.59 Å². The van der Waals surface area contributed by atoms with E-state index < -0.39 is 31.0 Å². The van der Waals surface area contributed by atoms with Crippen molar-refractivity contribution in [2.45, 2.75) is 44.4 Å². The average Bonchev–Trinajstić information content (AvgIpc) is 2.67. The van der Waals surface area contributed by atoms with Crippen LogP contribution in [0.3, 0.4) is 0 Å². The molecule has 0 aliphatic carbocycles. The number of halogens is 3. The van der Waals surface area contributed by atoms with E-state index in [0.29, 0.717) is 6.54 Å². The fourth-order valence-electron chi connectivity index (χ4n) is 2.08. The van der Waals surface area contributed by atoms with Crippen LogP contribution in [0.1, 0.15) is 26.2 Å². The molecule has 2 atom stereocenters. The minimum Gasteiger partial charge on any atom is -0.355 e. The molecule has 1 heterocycles. The van der Waals surface area contributed by atoms with Crippen LogP contribution in [0, 0.1) is 0 Å². The maximum atomic E-state index is 12.1. The van der Waals surface area contributed by atoms with E-state index in [0.717, 1.165) is 4.90 Å². The van der Waals surface area contributed by atoms with Crippen molar-refractivity contribution in [1.29, 1.82) is 0 Å². The molecule has 0 spiro atoms. The van der Waals surface area contributed by atoms with Crippen LogP contribution < -0.4 is 11.1 Å². The van der Waals surface area contributed by atoms with Crippen LogP contribution in [-0.4, -0.2) is 48.1 Å². The second-order valence-corrected chi connectivity index (χ2v) is 4.57. The lowest BCUT2D eigenvalue weighted by Gasteiger charge is -2.23. The molecular weight excluding hydrogens is 263 g/mol. The average molecular weight is 281 g/mol. The lowest BCUT2D eigenvalue weighted by Crippen LogP contribution is -2.46. The van der Waals surface area contributed by atoms with E-state index in [2.05, 4.69) is 5.32 Å². The fraction of sp³-hybridized carbons (Fsp3) is 0.818. The molecule has 0 aromatic carbocycles. The maximum absolute atomic E-state index is 12.1. The summed E-state index contributed by atoms with van der Waals surface area (Å²) in [7, 11) is 0. The predicted molar refractivity (Wildman–Crippen MR) is 62.1 cm³/mol. The Labute approximate surface area is 109 Å². The Morgan fingerprint density at radius 1 is 1.42 bits per heavy atom. The summed E-state index contributed by atoms with van der Waals surface area (Å²) in [4.78, 5) is 24.6. The number of hydrogen-bond acceptors (Lipinski definition) is 3. The number of nitrogens with one attached hydrogen (secondary N) is 1. The summed E-state index contributed by atoms with van der Waals surface area (Å²) in [5, 5.41) is 2.55. The van der Waals surface area contributed by atoms with Crippen molar-refractivity contribution >= 4 is 11.8 Å². The van der Waals surface area contributed by atoms with Gasteiger partial charge in [0, 0.05) is 25.6 Å². The Hall–Kier alpha value is -1.31. The summed E-state index contributed by atoms with van der Waals surface area (Å²) in [6.45, 7) is 2.25. The smallest absolute Gasteiger partial charge is 0.355 e.